The van der Waals surface area contributed by atoms with Crippen LogP contribution in [0.4, 0.5) is 5.69 Å². The molecule has 2 heterocycles. The second-order valence-corrected chi connectivity index (χ2v) is 11.4. The quantitative estimate of drug-likeness (QED) is 0.542. The highest BCUT2D eigenvalue weighted by molar-refractivity contribution is 7.92. The van der Waals surface area contributed by atoms with Crippen molar-refractivity contribution in [2.45, 2.75) is 37.8 Å². The summed E-state index contributed by atoms with van der Waals surface area (Å²) in [5.74, 6) is 0.0136. The van der Waals surface area contributed by atoms with Gasteiger partial charge in [-0.15, -0.1) is 0 Å². The fourth-order valence-corrected chi connectivity index (χ4v) is 6.75. The number of benzene rings is 3. The molecule has 5 rings (SSSR count). The largest absolute Gasteiger partial charge is 0.336 e. The van der Waals surface area contributed by atoms with Gasteiger partial charge in [-0.1, -0.05) is 48.0 Å². The molecule has 0 N–H and O–H groups in total. The van der Waals surface area contributed by atoms with E-state index >= 15 is 0 Å². The molecule has 0 radical (unpaired) electrons. The maximum atomic E-state index is 13.4. The maximum absolute atomic E-state index is 13.4. The number of fused-ring (bicyclic) bond motifs is 1. The number of amides is 1. The van der Waals surface area contributed by atoms with Gasteiger partial charge in [-0.2, -0.15) is 0 Å². The molecule has 1 amide bonds. The smallest absolute Gasteiger partial charge is 0.264 e. The van der Waals surface area contributed by atoms with Crippen LogP contribution in [0, 0.1) is 6.92 Å². The Balaban J connectivity index is 1.29. The molecule has 0 spiro atoms. The summed E-state index contributed by atoms with van der Waals surface area (Å²) in [6, 6.07) is 22.6. The van der Waals surface area contributed by atoms with E-state index in [9.17, 15) is 13.2 Å². The molecular formula is C28H31N3O3S. The van der Waals surface area contributed by atoms with Gasteiger partial charge >= 0.3 is 0 Å². The normalized spacial score (nSPS) is 18.5. The Morgan fingerprint density at radius 1 is 0.914 bits per heavy atom. The molecule has 6 nitrogen and oxygen atoms in total. The zero-order valence-electron chi connectivity index (χ0n) is 20.2. The van der Waals surface area contributed by atoms with E-state index in [1.807, 2.05) is 43.0 Å². The molecule has 1 saturated heterocycles. The average Bonchev–Trinajstić information content (AvgIpc) is 3.20. The van der Waals surface area contributed by atoms with Crippen LogP contribution in [0.5, 0.6) is 0 Å². The Hall–Kier alpha value is -3.16. The first-order valence-electron chi connectivity index (χ1n) is 12.1. The van der Waals surface area contributed by atoms with Gasteiger partial charge in [0.05, 0.1) is 10.6 Å². The number of hydrogen-bond donors (Lipinski definition) is 0. The average molecular weight is 490 g/mol. The number of sulfonamides is 1. The van der Waals surface area contributed by atoms with Gasteiger partial charge in [0.1, 0.15) is 0 Å². The van der Waals surface area contributed by atoms with Crippen molar-refractivity contribution < 1.29 is 13.2 Å². The van der Waals surface area contributed by atoms with Gasteiger partial charge in [-0.25, -0.2) is 8.42 Å². The minimum atomic E-state index is -3.67. The zero-order valence-corrected chi connectivity index (χ0v) is 21.0. The van der Waals surface area contributed by atoms with Crippen LogP contribution in [-0.2, 0) is 23.0 Å². The third-order valence-electron chi connectivity index (χ3n) is 6.97. The van der Waals surface area contributed by atoms with Gasteiger partial charge in [0.25, 0.3) is 15.9 Å². The van der Waals surface area contributed by atoms with Crippen LogP contribution in [0.3, 0.4) is 0 Å². The topological polar surface area (TPSA) is 60.9 Å². The minimum absolute atomic E-state index is 0.0136. The molecule has 3 aromatic carbocycles. The third-order valence-corrected chi connectivity index (χ3v) is 8.91. The van der Waals surface area contributed by atoms with E-state index in [2.05, 4.69) is 29.2 Å². The van der Waals surface area contributed by atoms with Gasteiger partial charge in [0, 0.05) is 44.3 Å². The molecule has 3 aromatic rings. The second-order valence-electron chi connectivity index (χ2n) is 9.56. The van der Waals surface area contributed by atoms with Crippen molar-refractivity contribution in [3.63, 3.8) is 0 Å². The van der Waals surface area contributed by atoms with Crippen LogP contribution < -0.4 is 4.31 Å². The fraction of sp³-hybridized carbons (Fsp3) is 0.321. The number of rotatable bonds is 5. The first-order valence-corrected chi connectivity index (χ1v) is 13.6. The SMILES string of the molecule is Cc1ccc(S(=O)(=O)N2c3ccc(C(=O)N4CCN(Cc5ccccc5)CC4)cc3C[C@@H]2C)cc1. The number of nitrogens with zero attached hydrogens (tertiary/aromatic N) is 3. The van der Waals surface area contributed by atoms with E-state index < -0.39 is 10.0 Å². The van der Waals surface area contributed by atoms with Gasteiger partial charge < -0.3 is 4.90 Å². The highest BCUT2D eigenvalue weighted by Crippen LogP contribution is 2.37. The molecule has 0 bridgehead atoms. The highest BCUT2D eigenvalue weighted by Gasteiger charge is 2.36. The minimum Gasteiger partial charge on any atom is -0.336 e. The van der Waals surface area contributed by atoms with Gasteiger partial charge in [-0.3, -0.25) is 14.0 Å². The van der Waals surface area contributed by atoms with Crippen LogP contribution in [0.15, 0.2) is 77.7 Å². The summed E-state index contributed by atoms with van der Waals surface area (Å²) in [5.41, 5.74) is 4.50. The third kappa shape index (κ3) is 4.70. The summed E-state index contributed by atoms with van der Waals surface area (Å²) in [6.45, 7) is 7.80. The van der Waals surface area contributed by atoms with E-state index in [0.29, 0.717) is 30.8 Å². The number of carbonyl (C=O) groups is 1. The Kier molecular flexibility index (Phi) is 6.38. The molecule has 7 heteroatoms. The second kappa shape index (κ2) is 9.47. The summed E-state index contributed by atoms with van der Waals surface area (Å²) in [7, 11) is -3.67. The van der Waals surface area contributed by atoms with Crippen LogP contribution >= 0.6 is 0 Å². The fourth-order valence-electron chi connectivity index (χ4n) is 5.06. The number of aryl methyl sites for hydroxylation is 1. The predicted octanol–water partition coefficient (Wildman–Crippen LogP) is 4.09. The Labute approximate surface area is 207 Å². The van der Waals surface area contributed by atoms with Crippen LogP contribution in [-0.4, -0.2) is 56.3 Å². The first-order chi connectivity index (χ1) is 16.8. The van der Waals surface area contributed by atoms with E-state index in [-0.39, 0.29) is 16.8 Å². The van der Waals surface area contributed by atoms with Crippen molar-refractivity contribution in [2.24, 2.45) is 0 Å². The maximum Gasteiger partial charge on any atom is 0.264 e. The molecule has 0 unspecified atom stereocenters. The summed E-state index contributed by atoms with van der Waals surface area (Å²) in [4.78, 5) is 17.8. The number of piperazine rings is 1. The summed E-state index contributed by atoms with van der Waals surface area (Å²) >= 11 is 0. The standard InChI is InChI=1S/C28H31N3O3S/c1-21-8-11-26(12-9-21)35(33,34)31-22(2)18-25-19-24(10-13-27(25)31)28(32)30-16-14-29(15-17-30)20-23-6-4-3-5-7-23/h3-13,19,22H,14-18,20H2,1-2H3/t22-/m0/s1. The van der Waals surface area contributed by atoms with Crippen molar-refractivity contribution in [1.82, 2.24) is 9.80 Å². The molecule has 0 aliphatic carbocycles. The van der Waals surface area contributed by atoms with Gasteiger partial charge in [-0.05, 0) is 61.7 Å². The predicted molar refractivity (Wildman–Crippen MR) is 138 cm³/mol. The molecule has 0 saturated carbocycles. The van der Waals surface area contributed by atoms with Gasteiger partial charge in [0.2, 0.25) is 0 Å². The van der Waals surface area contributed by atoms with Crippen LogP contribution in [0.2, 0.25) is 0 Å². The van der Waals surface area contributed by atoms with Crippen LogP contribution in [0.1, 0.15) is 34.0 Å². The lowest BCUT2D eigenvalue weighted by molar-refractivity contribution is 0.0628. The van der Waals surface area contributed by atoms with Crippen molar-refractivity contribution in [3.8, 4) is 0 Å². The molecule has 182 valence electrons. The van der Waals surface area contributed by atoms with Gasteiger partial charge in [0.15, 0.2) is 0 Å². The summed E-state index contributed by atoms with van der Waals surface area (Å²) in [5, 5.41) is 0. The van der Waals surface area contributed by atoms with Crippen molar-refractivity contribution in [2.75, 3.05) is 30.5 Å². The van der Waals surface area contributed by atoms with E-state index in [0.717, 1.165) is 30.8 Å². The lowest BCUT2D eigenvalue weighted by Crippen LogP contribution is -2.48. The Morgan fingerprint density at radius 3 is 2.29 bits per heavy atom. The molecule has 1 fully saturated rings. The molecule has 2 aliphatic rings. The molecular weight excluding hydrogens is 458 g/mol. The molecule has 35 heavy (non-hydrogen) atoms. The Morgan fingerprint density at radius 2 is 1.60 bits per heavy atom. The van der Waals surface area contributed by atoms with E-state index in [1.165, 1.54) is 9.87 Å². The monoisotopic (exact) mass is 489 g/mol. The first kappa shape index (κ1) is 23.6. The lowest BCUT2D eigenvalue weighted by Gasteiger charge is -2.35. The summed E-state index contributed by atoms with van der Waals surface area (Å²) in [6.07, 6.45) is 0.590. The molecule has 0 aromatic heterocycles. The summed E-state index contributed by atoms with van der Waals surface area (Å²) < 4.78 is 28.3. The van der Waals surface area contributed by atoms with Crippen molar-refractivity contribution in [1.29, 1.82) is 0 Å². The van der Waals surface area contributed by atoms with E-state index in [4.69, 9.17) is 0 Å². The van der Waals surface area contributed by atoms with Crippen LogP contribution in [0.25, 0.3) is 0 Å². The Bertz CT molecular complexity index is 1320. The number of carbonyl (C=O) groups excluding carboxylic acids is 1. The van der Waals surface area contributed by atoms with E-state index in [1.54, 1.807) is 24.3 Å². The number of anilines is 1. The highest BCUT2D eigenvalue weighted by atomic mass is 32.2. The lowest BCUT2D eigenvalue weighted by atomic mass is 10.1. The molecule has 1 atom stereocenters. The van der Waals surface area contributed by atoms with Crippen molar-refractivity contribution >= 4 is 21.6 Å². The van der Waals surface area contributed by atoms with Crippen molar-refractivity contribution in [3.05, 3.63) is 95.1 Å². The number of hydrogen-bond acceptors (Lipinski definition) is 4. The zero-order chi connectivity index (χ0) is 24.6. The molecule has 2 aliphatic heterocycles.